The summed E-state index contributed by atoms with van der Waals surface area (Å²) in [6.45, 7) is 6.93. The van der Waals surface area contributed by atoms with Gasteiger partial charge >= 0.3 is 0 Å². The Bertz CT molecular complexity index is 745. The Morgan fingerprint density at radius 1 is 1.29 bits per heavy atom. The molecule has 1 aliphatic heterocycles. The van der Waals surface area contributed by atoms with E-state index >= 15 is 0 Å². The van der Waals surface area contributed by atoms with Crippen LogP contribution in [0, 0.1) is 5.92 Å². The number of ketones is 2. The van der Waals surface area contributed by atoms with Gasteiger partial charge in [-0.1, -0.05) is 0 Å². The minimum atomic E-state index is -0.953. The highest BCUT2D eigenvalue weighted by Crippen LogP contribution is 2.41. The van der Waals surface area contributed by atoms with Crippen molar-refractivity contribution in [2.24, 2.45) is 5.92 Å². The van der Waals surface area contributed by atoms with Crippen molar-refractivity contribution in [2.75, 3.05) is 0 Å². The molecule has 21 heavy (non-hydrogen) atoms. The van der Waals surface area contributed by atoms with Crippen molar-refractivity contribution >= 4 is 17.1 Å². The summed E-state index contributed by atoms with van der Waals surface area (Å²) in [6, 6.07) is 0. The lowest BCUT2D eigenvalue weighted by Gasteiger charge is -2.24. The second-order valence-electron chi connectivity index (χ2n) is 6.34. The first-order valence-electron chi connectivity index (χ1n) is 6.80. The number of hydrogen-bond acceptors (Lipinski definition) is 5. The Labute approximate surface area is 122 Å². The molecule has 0 saturated carbocycles. The summed E-state index contributed by atoms with van der Waals surface area (Å²) in [6.07, 6.45) is 6.30. The molecule has 0 N–H and O–H groups in total. The highest BCUT2D eigenvalue weighted by atomic mass is 16.5. The van der Waals surface area contributed by atoms with E-state index in [1.807, 2.05) is 0 Å². The smallest absolute Gasteiger partial charge is 0.180 e. The third-order valence-electron chi connectivity index (χ3n) is 3.92. The van der Waals surface area contributed by atoms with E-state index in [9.17, 15) is 9.59 Å². The van der Waals surface area contributed by atoms with Gasteiger partial charge in [-0.3, -0.25) is 14.6 Å². The molecule has 2 aromatic rings. The van der Waals surface area contributed by atoms with Crippen LogP contribution in [-0.2, 0) is 9.53 Å². The molecule has 1 atom stereocenters. The Morgan fingerprint density at radius 2 is 2.00 bits per heavy atom. The van der Waals surface area contributed by atoms with Crippen LogP contribution < -0.4 is 0 Å². The molecule has 2 aromatic heterocycles. The van der Waals surface area contributed by atoms with Crippen molar-refractivity contribution in [2.45, 2.75) is 38.9 Å². The molecular formula is C15H17N3O3. The first kappa shape index (κ1) is 13.9. The van der Waals surface area contributed by atoms with Crippen molar-refractivity contribution in [1.82, 2.24) is 14.6 Å². The minimum absolute atomic E-state index is 0.194. The van der Waals surface area contributed by atoms with Gasteiger partial charge < -0.3 is 4.74 Å². The maximum Gasteiger partial charge on any atom is 0.180 e. The fourth-order valence-electron chi connectivity index (χ4n) is 3.04. The lowest BCUT2D eigenvalue weighted by atomic mass is 9.81. The van der Waals surface area contributed by atoms with Gasteiger partial charge in [0.25, 0.3) is 0 Å². The summed E-state index contributed by atoms with van der Waals surface area (Å²) in [5.74, 6) is -1.29. The van der Waals surface area contributed by atoms with Crippen LogP contribution in [0.5, 0.6) is 0 Å². The van der Waals surface area contributed by atoms with E-state index in [2.05, 4.69) is 10.1 Å². The predicted molar refractivity (Wildman–Crippen MR) is 75.1 cm³/mol. The minimum Gasteiger partial charge on any atom is -0.361 e. The molecule has 6 heteroatoms. The van der Waals surface area contributed by atoms with Gasteiger partial charge in [-0.2, -0.15) is 5.10 Å². The Kier molecular flexibility index (Phi) is 2.78. The second-order valence-corrected chi connectivity index (χ2v) is 6.34. The Morgan fingerprint density at radius 3 is 2.62 bits per heavy atom. The lowest BCUT2D eigenvalue weighted by molar-refractivity contribution is -0.132. The van der Waals surface area contributed by atoms with Crippen LogP contribution in [0.4, 0.5) is 0 Å². The van der Waals surface area contributed by atoms with E-state index in [0.717, 1.165) is 0 Å². The number of rotatable bonds is 2. The topological polar surface area (TPSA) is 73.6 Å². The van der Waals surface area contributed by atoms with Crippen molar-refractivity contribution in [1.29, 1.82) is 0 Å². The zero-order valence-corrected chi connectivity index (χ0v) is 12.5. The number of Topliss-reactive ketones (excluding diaryl/α,β-unsaturated/α-hetero) is 2. The van der Waals surface area contributed by atoms with Gasteiger partial charge in [0.05, 0.1) is 29.1 Å². The highest BCUT2D eigenvalue weighted by Gasteiger charge is 2.56. The molecule has 1 saturated heterocycles. The molecule has 1 aliphatic rings. The molecule has 1 fully saturated rings. The largest absolute Gasteiger partial charge is 0.361 e. The average molecular weight is 287 g/mol. The standard InChI is InChI=1S/C15H17N3O3/c1-14(2)11(13(20)15(3,4)21-14)12(19)9-7-17-18-6-5-16-8-10(9)18/h5-8,11H,1-4H3. The van der Waals surface area contributed by atoms with Crippen molar-refractivity contribution in [3.05, 3.63) is 30.4 Å². The number of aromatic nitrogens is 3. The van der Waals surface area contributed by atoms with E-state index < -0.39 is 17.1 Å². The van der Waals surface area contributed by atoms with E-state index in [1.54, 1.807) is 50.8 Å². The Balaban J connectivity index is 2.08. The molecule has 3 rings (SSSR count). The van der Waals surface area contributed by atoms with Gasteiger partial charge in [-0.15, -0.1) is 0 Å². The molecule has 0 aliphatic carbocycles. The first-order valence-corrected chi connectivity index (χ1v) is 6.80. The molecule has 110 valence electrons. The molecular weight excluding hydrogens is 270 g/mol. The number of hydrogen-bond donors (Lipinski definition) is 0. The van der Waals surface area contributed by atoms with Gasteiger partial charge in [-0.25, -0.2) is 4.52 Å². The zero-order valence-electron chi connectivity index (χ0n) is 12.5. The average Bonchev–Trinajstić information content (AvgIpc) is 2.86. The third kappa shape index (κ3) is 1.98. The van der Waals surface area contributed by atoms with Crippen LogP contribution in [0.25, 0.3) is 5.52 Å². The van der Waals surface area contributed by atoms with Crippen LogP contribution in [0.1, 0.15) is 38.1 Å². The number of nitrogens with zero attached hydrogens (tertiary/aromatic N) is 3. The van der Waals surface area contributed by atoms with Crippen molar-refractivity contribution in [3.63, 3.8) is 0 Å². The van der Waals surface area contributed by atoms with Crippen LogP contribution in [0.2, 0.25) is 0 Å². The summed E-state index contributed by atoms with van der Waals surface area (Å²) in [4.78, 5) is 29.4. The van der Waals surface area contributed by atoms with Gasteiger partial charge in [0.15, 0.2) is 11.6 Å². The van der Waals surface area contributed by atoms with Crippen LogP contribution in [0.3, 0.4) is 0 Å². The molecule has 0 bridgehead atoms. The quantitative estimate of drug-likeness (QED) is 0.620. The Hall–Kier alpha value is -2.08. The van der Waals surface area contributed by atoms with E-state index in [0.29, 0.717) is 11.1 Å². The predicted octanol–water partition coefficient (Wildman–Crippen LogP) is 1.68. The normalized spacial score (nSPS) is 23.6. The van der Waals surface area contributed by atoms with E-state index in [1.165, 1.54) is 6.20 Å². The summed E-state index contributed by atoms with van der Waals surface area (Å²) >= 11 is 0. The summed E-state index contributed by atoms with van der Waals surface area (Å²) in [5, 5.41) is 4.12. The monoisotopic (exact) mass is 287 g/mol. The number of carbonyl (C=O) groups excluding carboxylic acids is 2. The van der Waals surface area contributed by atoms with Gasteiger partial charge in [-0.05, 0) is 27.7 Å². The first-order chi connectivity index (χ1) is 9.74. The van der Waals surface area contributed by atoms with Crippen molar-refractivity contribution in [3.8, 4) is 0 Å². The maximum absolute atomic E-state index is 12.9. The van der Waals surface area contributed by atoms with Gasteiger partial charge in [0.2, 0.25) is 0 Å². The molecule has 0 amide bonds. The van der Waals surface area contributed by atoms with Gasteiger partial charge in [0.1, 0.15) is 11.5 Å². The van der Waals surface area contributed by atoms with E-state index in [4.69, 9.17) is 4.74 Å². The summed E-state index contributed by atoms with van der Waals surface area (Å²) in [5.41, 5.74) is -0.800. The van der Waals surface area contributed by atoms with Crippen LogP contribution >= 0.6 is 0 Å². The molecule has 0 aromatic carbocycles. The van der Waals surface area contributed by atoms with E-state index in [-0.39, 0.29) is 11.6 Å². The number of fused-ring (bicyclic) bond motifs is 1. The molecule has 3 heterocycles. The molecule has 0 radical (unpaired) electrons. The van der Waals surface area contributed by atoms with Crippen LogP contribution in [0.15, 0.2) is 24.8 Å². The van der Waals surface area contributed by atoms with Crippen LogP contribution in [-0.4, -0.2) is 37.4 Å². The maximum atomic E-state index is 12.9. The summed E-state index contributed by atoms with van der Waals surface area (Å²) < 4.78 is 7.35. The lowest BCUT2D eigenvalue weighted by Crippen LogP contribution is -2.37. The molecule has 0 spiro atoms. The van der Waals surface area contributed by atoms with Crippen molar-refractivity contribution < 1.29 is 14.3 Å². The summed E-state index contributed by atoms with van der Waals surface area (Å²) in [7, 11) is 0. The number of carbonyl (C=O) groups is 2. The fraction of sp³-hybridized carbons (Fsp3) is 0.467. The molecule has 1 unspecified atom stereocenters. The SMILES string of the molecule is CC1(C)OC(C)(C)C(C(=O)c2cnn3ccncc23)C1=O. The second kappa shape index (κ2) is 4.21. The molecule has 6 nitrogen and oxygen atoms in total. The fourth-order valence-corrected chi connectivity index (χ4v) is 3.04. The third-order valence-corrected chi connectivity index (χ3v) is 3.92. The highest BCUT2D eigenvalue weighted by molar-refractivity contribution is 6.17. The van der Waals surface area contributed by atoms with Gasteiger partial charge in [0, 0.05) is 12.4 Å². The zero-order chi connectivity index (χ0) is 15.4. The number of ether oxygens (including phenoxy) is 1.